The molecule has 126 valence electrons. The average Bonchev–Trinajstić information content (AvgIpc) is 2.93. The first kappa shape index (κ1) is 17.2. The van der Waals surface area contributed by atoms with Crippen LogP contribution in [0.25, 0.3) is 11.0 Å². The molecule has 0 saturated carbocycles. The van der Waals surface area contributed by atoms with Crippen molar-refractivity contribution < 1.29 is 14.9 Å². The van der Waals surface area contributed by atoms with E-state index in [1.807, 2.05) is 53.1 Å². The molecule has 0 unspecified atom stereocenters. The van der Waals surface area contributed by atoms with Gasteiger partial charge in [-0.05, 0) is 65.9 Å². The molecule has 0 amide bonds. The summed E-state index contributed by atoms with van der Waals surface area (Å²) in [4.78, 5) is 4.45. The molecule has 0 saturated heterocycles. The number of ether oxygens (including phenoxy) is 1. The number of rotatable bonds is 6. The van der Waals surface area contributed by atoms with Gasteiger partial charge in [0.1, 0.15) is 30.4 Å². The Morgan fingerprint density at radius 1 is 1.12 bits per heavy atom. The second-order valence-corrected chi connectivity index (χ2v) is 6.91. The van der Waals surface area contributed by atoms with Crippen molar-refractivity contribution in [1.29, 1.82) is 0 Å². The first-order valence-corrected chi connectivity index (χ1v) is 8.82. The average molecular weight is 438 g/mol. The topological polar surface area (TPSA) is 67.5 Å². The molecule has 1 aromatic heterocycles. The minimum atomic E-state index is -0.709. The van der Waals surface area contributed by atoms with Gasteiger partial charge in [-0.3, -0.25) is 0 Å². The van der Waals surface area contributed by atoms with Crippen LogP contribution in [0.3, 0.4) is 0 Å². The first-order valence-electron chi connectivity index (χ1n) is 7.74. The number of para-hydroxylation sites is 2. The summed E-state index contributed by atoms with van der Waals surface area (Å²) in [6.07, 6.45) is -1.42. The summed E-state index contributed by atoms with van der Waals surface area (Å²) in [6.45, 7) is 2.16. The highest BCUT2D eigenvalue weighted by molar-refractivity contribution is 14.1. The van der Waals surface area contributed by atoms with E-state index in [-0.39, 0.29) is 6.61 Å². The van der Waals surface area contributed by atoms with Gasteiger partial charge in [-0.15, -0.1) is 0 Å². The van der Waals surface area contributed by atoms with Gasteiger partial charge in [0, 0.05) is 3.57 Å². The van der Waals surface area contributed by atoms with Crippen LogP contribution in [0, 0.1) is 3.57 Å². The minimum Gasteiger partial charge on any atom is -0.491 e. The van der Waals surface area contributed by atoms with Crippen LogP contribution >= 0.6 is 22.6 Å². The number of fused-ring (bicyclic) bond motifs is 1. The lowest BCUT2D eigenvalue weighted by molar-refractivity contribution is 0.0895. The predicted octanol–water partition coefficient (Wildman–Crippen LogP) is 3.13. The van der Waals surface area contributed by atoms with E-state index in [0.29, 0.717) is 12.4 Å². The zero-order chi connectivity index (χ0) is 17.1. The van der Waals surface area contributed by atoms with Crippen LogP contribution in [0.15, 0.2) is 48.5 Å². The number of aliphatic hydroxyl groups is 2. The van der Waals surface area contributed by atoms with Gasteiger partial charge in [0.15, 0.2) is 0 Å². The molecule has 24 heavy (non-hydrogen) atoms. The molecule has 0 spiro atoms. The molecule has 3 rings (SSSR count). The van der Waals surface area contributed by atoms with Crippen LogP contribution in [-0.4, -0.2) is 32.5 Å². The van der Waals surface area contributed by atoms with Gasteiger partial charge >= 0.3 is 0 Å². The third-order valence-corrected chi connectivity index (χ3v) is 4.43. The fraction of sp³-hybridized carbons (Fsp3) is 0.278. The van der Waals surface area contributed by atoms with Gasteiger partial charge in [-0.1, -0.05) is 12.1 Å². The fourth-order valence-corrected chi connectivity index (χ4v) is 2.95. The third kappa shape index (κ3) is 3.88. The second kappa shape index (κ2) is 7.50. The molecule has 0 aliphatic rings. The highest BCUT2D eigenvalue weighted by Gasteiger charge is 2.17. The Balaban J connectivity index is 1.73. The highest BCUT2D eigenvalue weighted by Crippen LogP contribution is 2.21. The second-order valence-electron chi connectivity index (χ2n) is 5.66. The SMILES string of the molecule is C[C@H](O)c1nc2ccccc2n1C[C@H](O)COc1ccc(I)cc1. The lowest BCUT2D eigenvalue weighted by atomic mass is 10.3. The molecule has 2 atom stereocenters. The number of benzene rings is 2. The van der Waals surface area contributed by atoms with E-state index >= 15 is 0 Å². The van der Waals surface area contributed by atoms with Crippen LogP contribution in [-0.2, 0) is 6.54 Å². The maximum absolute atomic E-state index is 10.3. The van der Waals surface area contributed by atoms with E-state index in [0.717, 1.165) is 20.4 Å². The number of hydrogen-bond donors (Lipinski definition) is 2. The maximum atomic E-state index is 10.3. The van der Waals surface area contributed by atoms with E-state index in [1.165, 1.54) is 0 Å². The standard InChI is InChI=1S/C18H19IN2O3/c1-12(22)18-20-16-4-2-3-5-17(16)21(18)10-14(23)11-24-15-8-6-13(19)7-9-15/h2-9,12,14,22-23H,10-11H2,1H3/t12-,14-/m0/s1. The fourth-order valence-electron chi connectivity index (χ4n) is 2.59. The van der Waals surface area contributed by atoms with E-state index in [2.05, 4.69) is 27.6 Å². The number of imidazole rings is 1. The van der Waals surface area contributed by atoms with Gasteiger partial charge in [0.2, 0.25) is 0 Å². The van der Waals surface area contributed by atoms with Crippen molar-refractivity contribution in [1.82, 2.24) is 9.55 Å². The molecule has 0 aliphatic carbocycles. The Labute approximate surface area is 154 Å². The maximum Gasteiger partial charge on any atom is 0.138 e. The monoisotopic (exact) mass is 438 g/mol. The normalized spacial score (nSPS) is 13.8. The number of halogens is 1. The van der Waals surface area contributed by atoms with E-state index in [1.54, 1.807) is 6.92 Å². The smallest absolute Gasteiger partial charge is 0.138 e. The largest absolute Gasteiger partial charge is 0.491 e. The Kier molecular flexibility index (Phi) is 5.37. The molecule has 0 aliphatic heterocycles. The summed E-state index contributed by atoms with van der Waals surface area (Å²) in [5, 5.41) is 20.3. The lowest BCUT2D eigenvalue weighted by Crippen LogP contribution is -2.25. The summed E-state index contributed by atoms with van der Waals surface area (Å²) in [5.74, 6) is 1.27. The number of hydrogen-bond acceptors (Lipinski definition) is 4. The first-order chi connectivity index (χ1) is 11.5. The molecule has 6 heteroatoms. The van der Waals surface area contributed by atoms with Crippen molar-refractivity contribution in [2.45, 2.75) is 25.7 Å². The molecule has 2 N–H and O–H groups in total. The molecule has 3 aromatic rings. The Bertz CT molecular complexity index is 815. The lowest BCUT2D eigenvalue weighted by Gasteiger charge is -2.16. The van der Waals surface area contributed by atoms with Crippen molar-refractivity contribution in [2.24, 2.45) is 0 Å². The Hall–Kier alpha value is -1.64. The minimum absolute atomic E-state index is 0.173. The summed E-state index contributed by atoms with van der Waals surface area (Å²) in [5.41, 5.74) is 1.70. The predicted molar refractivity (Wildman–Crippen MR) is 101 cm³/mol. The quantitative estimate of drug-likeness (QED) is 0.581. The third-order valence-electron chi connectivity index (χ3n) is 3.71. The van der Waals surface area contributed by atoms with Crippen LogP contribution < -0.4 is 4.74 Å². The van der Waals surface area contributed by atoms with Crippen molar-refractivity contribution in [3.05, 3.63) is 57.9 Å². The molecule has 0 radical (unpaired) electrons. The zero-order valence-corrected chi connectivity index (χ0v) is 15.4. The molecular formula is C18H19IN2O3. The molecule has 2 aromatic carbocycles. The Morgan fingerprint density at radius 2 is 1.83 bits per heavy atom. The van der Waals surface area contributed by atoms with Crippen molar-refractivity contribution in [3.8, 4) is 5.75 Å². The van der Waals surface area contributed by atoms with Crippen molar-refractivity contribution in [2.75, 3.05) is 6.61 Å². The molecule has 0 bridgehead atoms. The van der Waals surface area contributed by atoms with Crippen molar-refractivity contribution >= 4 is 33.6 Å². The van der Waals surface area contributed by atoms with E-state index in [4.69, 9.17) is 4.74 Å². The Morgan fingerprint density at radius 3 is 2.54 bits per heavy atom. The molecular weight excluding hydrogens is 419 g/mol. The summed E-state index contributed by atoms with van der Waals surface area (Å²) in [6, 6.07) is 15.3. The summed E-state index contributed by atoms with van der Waals surface area (Å²) >= 11 is 2.23. The van der Waals surface area contributed by atoms with Gasteiger partial charge < -0.3 is 19.5 Å². The summed E-state index contributed by atoms with van der Waals surface area (Å²) in [7, 11) is 0. The van der Waals surface area contributed by atoms with Gasteiger partial charge in [0.25, 0.3) is 0 Å². The van der Waals surface area contributed by atoms with Gasteiger partial charge in [-0.2, -0.15) is 0 Å². The number of aromatic nitrogens is 2. The molecule has 1 heterocycles. The van der Waals surface area contributed by atoms with Gasteiger partial charge in [-0.25, -0.2) is 4.98 Å². The molecule has 5 nitrogen and oxygen atoms in total. The zero-order valence-electron chi connectivity index (χ0n) is 13.3. The van der Waals surface area contributed by atoms with Gasteiger partial charge in [0.05, 0.1) is 17.6 Å². The van der Waals surface area contributed by atoms with Crippen LogP contribution in [0.4, 0.5) is 0 Å². The summed E-state index contributed by atoms with van der Waals surface area (Å²) < 4.78 is 8.62. The van der Waals surface area contributed by atoms with Crippen LogP contribution in [0.5, 0.6) is 5.75 Å². The highest BCUT2D eigenvalue weighted by atomic mass is 127. The molecule has 0 fully saturated rings. The van der Waals surface area contributed by atoms with E-state index in [9.17, 15) is 10.2 Å². The van der Waals surface area contributed by atoms with E-state index < -0.39 is 12.2 Å². The number of nitrogens with zero attached hydrogens (tertiary/aromatic N) is 2. The number of aliphatic hydroxyl groups excluding tert-OH is 2. The van der Waals surface area contributed by atoms with Crippen LogP contribution in [0.1, 0.15) is 18.9 Å². The van der Waals surface area contributed by atoms with Crippen molar-refractivity contribution in [3.63, 3.8) is 0 Å². The van der Waals surface area contributed by atoms with Crippen LogP contribution in [0.2, 0.25) is 0 Å².